The van der Waals surface area contributed by atoms with Gasteiger partial charge < -0.3 is 9.47 Å². The molecule has 2 rings (SSSR count). The van der Waals surface area contributed by atoms with Crippen molar-refractivity contribution in [3.05, 3.63) is 29.8 Å². The number of benzene rings is 1. The molecule has 0 amide bonds. The Balaban J connectivity index is 2.18. The molecule has 0 aliphatic heterocycles. The number of hydrogen-bond donors (Lipinski definition) is 0. The van der Waals surface area contributed by atoms with E-state index in [0.29, 0.717) is 0 Å². The Labute approximate surface area is 93.2 Å². The second-order valence-corrected chi connectivity index (χ2v) is 3.68. The molecule has 0 spiro atoms. The number of carbonyl (C=O) groups is 2. The molecule has 1 aliphatic carbocycles. The van der Waals surface area contributed by atoms with Crippen LogP contribution in [0, 0.1) is 5.92 Å². The third kappa shape index (κ3) is 2.21. The Bertz CT molecular complexity index is 421. The minimum absolute atomic E-state index is 0.00528. The van der Waals surface area contributed by atoms with Crippen LogP contribution in [-0.4, -0.2) is 19.0 Å². The van der Waals surface area contributed by atoms with Crippen molar-refractivity contribution in [1.29, 1.82) is 0 Å². The molecule has 1 aromatic rings. The maximum Gasteiger partial charge on any atom is 0.341 e. The number of methoxy groups -OCH3 is 1. The third-order valence-corrected chi connectivity index (χ3v) is 2.41. The predicted molar refractivity (Wildman–Crippen MR) is 56.1 cm³/mol. The molecule has 4 heteroatoms. The molecule has 0 heterocycles. The van der Waals surface area contributed by atoms with E-state index in [1.807, 2.05) is 0 Å². The van der Waals surface area contributed by atoms with Crippen LogP contribution in [0.3, 0.4) is 0 Å². The molecule has 0 saturated heterocycles. The lowest BCUT2D eigenvalue weighted by atomic mass is 10.2. The lowest BCUT2D eigenvalue weighted by Crippen LogP contribution is -2.13. The quantitative estimate of drug-likeness (QED) is 0.575. The van der Waals surface area contributed by atoms with Gasteiger partial charge in [-0.2, -0.15) is 0 Å². The van der Waals surface area contributed by atoms with Gasteiger partial charge in [0.05, 0.1) is 13.0 Å². The first kappa shape index (κ1) is 10.7. The van der Waals surface area contributed by atoms with Crippen molar-refractivity contribution in [3.63, 3.8) is 0 Å². The summed E-state index contributed by atoms with van der Waals surface area (Å²) in [7, 11) is 1.29. The summed E-state index contributed by atoms with van der Waals surface area (Å²) in [5.74, 6) is -0.493. The van der Waals surface area contributed by atoms with Crippen LogP contribution < -0.4 is 4.74 Å². The van der Waals surface area contributed by atoms with Crippen LogP contribution in [0.5, 0.6) is 5.75 Å². The van der Waals surface area contributed by atoms with Crippen molar-refractivity contribution in [1.82, 2.24) is 0 Å². The fourth-order valence-electron chi connectivity index (χ4n) is 1.34. The molecule has 0 atom stereocenters. The van der Waals surface area contributed by atoms with E-state index in [0.717, 1.165) is 12.8 Å². The topological polar surface area (TPSA) is 52.6 Å². The maximum atomic E-state index is 11.5. The molecule has 0 bridgehead atoms. The summed E-state index contributed by atoms with van der Waals surface area (Å²) in [6, 6.07) is 6.57. The molecule has 0 radical (unpaired) electrons. The molecule has 1 saturated carbocycles. The average Bonchev–Trinajstić information content (AvgIpc) is 3.12. The summed E-state index contributed by atoms with van der Waals surface area (Å²) >= 11 is 0. The van der Waals surface area contributed by atoms with Gasteiger partial charge in [0.1, 0.15) is 11.3 Å². The number of rotatable bonds is 3. The van der Waals surface area contributed by atoms with Gasteiger partial charge in [-0.25, -0.2) is 4.79 Å². The summed E-state index contributed by atoms with van der Waals surface area (Å²) in [4.78, 5) is 22.9. The largest absolute Gasteiger partial charge is 0.465 e. The first-order valence-corrected chi connectivity index (χ1v) is 5.11. The Morgan fingerprint density at radius 2 is 1.94 bits per heavy atom. The number of para-hydroxylation sites is 1. The van der Waals surface area contributed by atoms with Gasteiger partial charge in [-0.15, -0.1) is 0 Å². The van der Waals surface area contributed by atoms with Crippen LogP contribution >= 0.6 is 0 Å². The fourth-order valence-corrected chi connectivity index (χ4v) is 1.34. The number of esters is 2. The van der Waals surface area contributed by atoms with Gasteiger partial charge in [0.15, 0.2) is 0 Å². The van der Waals surface area contributed by atoms with E-state index in [4.69, 9.17) is 4.74 Å². The van der Waals surface area contributed by atoms with E-state index in [2.05, 4.69) is 4.74 Å². The van der Waals surface area contributed by atoms with Gasteiger partial charge in [-0.1, -0.05) is 12.1 Å². The summed E-state index contributed by atoms with van der Waals surface area (Å²) in [6.07, 6.45) is 1.75. The molecule has 0 aromatic heterocycles. The molecule has 16 heavy (non-hydrogen) atoms. The summed E-state index contributed by atoms with van der Waals surface area (Å²) < 4.78 is 9.76. The summed E-state index contributed by atoms with van der Waals surface area (Å²) in [5, 5.41) is 0. The maximum absolute atomic E-state index is 11.5. The molecule has 0 unspecified atom stereocenters. The molecular weight excluding hydrogens is 208 g/mol. The lowest BCUT2D eigenvalue weighted by Gasteiger charge is -2.07. The van der Waals surface area contributed by atoms with E-state index in [-0.39, 0.29) is 23.2 Å². The standard InChI is InChI=1S/C12H12O4/c1-15-12(14)9-4-2-3-5-10(9)16-11(13)8-6-7-8/h2-5,8H,6-7H2,1H3. The summed E-state index contributed by atoms with van der Waals surface area (Å²) in [5.41, 5.74) is 0.277. The van der Waals surface area contributed by atoms with Crippen molar-refractivity contribution in [3.8, 4) is 5.75 Å². The molecule has 1 aromatic carbocycles. The van der Waals surface area contributed by atoms with Crippen molar-refractivity contribution in [2.45, 2.75) is 12.8 Å². The highest BCUT2D eigenvalue weighted by molar-refractivity contribution is 5.93. The van der Waals surface area contributed by atoms with Gasteiger partial charge in [0.2, 0.25) is 0 Å². The first-order chi connectivity index (χ1) is 7.72. The molecular formula is C12H12O4. The average molecular weight is 220 g/mol. The van der Waals surface area contributed by atoms with Gasteiger partial charge in [0.25, 0.3) is 0 Å². The van der Waals surface area contributed by atoms with Crippen molar-refractivity contribution in [2.24, 2.45) is 5.92 Å². The van der Waals surface area contributed by atoms with E-state index < -0.39 is 5.97 Å². The van der Waals surface area contributed by atoms with Gasteiger partial charge >= 0.3 is 11.9 Å². The van der Waals surface area contributed by atoms with Gasteiger partial charge in [-0.3, -0.25) is 4.79 Å². The van der Waals surface area contributed by atoms with Gasteiger partial charge in [-0.05, 0) is 25.0 Å². The highest BCUT2D eigenvalue weighted by atomic mass is 16.5. The van der Waals surface area contributed by atoms with Crippen LogP contribution in [0.1, 0.15) is 23.2 Å². The molecule has 0 N–H and O–H groups in total. The van der Waals surface area contributed by atoms with Crippen molar-refractivity contribution in [2.75, 3.05) is 7.11 Å². The van der Waals surface area contributed by atoms with Crippen LogP contribution in [-0.2, 0) is 9.53 Å². The van der Waals surface area contributed by atoms with E-state index in [1.165, 1.54) is 7.11 Å². The lowest BCUT2D eigenvalue weighted by molar-refractivity contribution is -0.135. The Kier molecular flexibility index (Phi) is 2.90. The van der Waals surface area contributed by atoms with Crippen LogP contribution in [0.15, 0.2) is 24.3 Å². The second-order valence-electron chi connectivity index (χ2n) is 3.68. The highest BCUT2D eigenvalue weighted by Crippen LogP contribution is 2.31. The van der Waals surface area contributed by atoms with Crippen molar-refractivity contribution >= 4 is 11.9 Å². The zero-order chi connectivity index (χ0) is 11.5. The monoisotopic (exact) mass is 220 g/mol. The first-order valence-electron chi connectivity index (χ1n) is 5.11. The molecule has 1 aliphatic rings. The third-order valence-electron chi connectivity index (χ3n) is 2.41. The zero-order valence-corrected chi connectivity index (χ0v) is 8.93. The fraction of sp³-hybridized carbons (Fsp3) is 0.333. The van der Waals surface area contributed by atoms with Crippen LogP contribution in [0.4, 0.5) is 0 Å². The van der Waals surface area contributed by atoms with E-state index in [9.17, 15) is 9.59 Å². The molecule has 84 valence electrons. The highest BCUT2D eigenvalue weighted by Gasteiger charge is 2.32. The van der Waals surface area contributed by atoms with Crippen LogP contribution in [0.2, 0.25) is 0 Å². The van der Waals surface area contributed by atoms with Crippen molar-refractivity contribution < 1.29 is 19.1 Å². The smallest absolute Gasteiger partial charge is 0.341 e. The zero-order valence-electron chi connectivity index (χ0n) is 8.93. The number of carbonyl (C=O) groups excluding carboxylic acids is 2. The SMILES string of the molecule is COC(=O)c1ccccc1OC(=O)C1CC1. The Hall–Kier alpha value is -1.84. The minimum Gasteiger partial charge on any atom is -0.465 e. The predicted octanol–water partition coefficient (Wildman–Crippen LogP) is 1.79. The summed E-state index contributed by atoms with van der Waals surface area (Å²) in [6.45, 7) is 0. The minimum atomic E-state index is -0.501. The number of ether oxygens (including phenoxy) is 2. The normalized spacial score (nSPS) is 14.3. The number of hydrogen-bond acceptors (Lipinski definition) is 4. The Morgan fingerprint density at radius 1 is 1.25 bits per heavy atom. The van der Waals surface area contributed by atoms with E-state index >= 15 is 0 Å². The molecule has 1 fully saturated rings. The molecule has 4 nitrogen and oxygen atoms in total. The Morgan fingerprint density at radius 3 is 2.56 bits per heavy atom. The van der Waals surface area contributed by atoms with Gasteiger partial charge in [0, 0.05) is 0 Å². The second kappa shape index (κ2) is 4.35. The van der Waals surface area contributed by atoms with Crippen LogP contribution in [0.25, 0.3) is 0 Å². The van der Waals surface area contributed by atoms with E-state index in [1.54, 1.807) is 24.3 Å².